The minimum Gasteiger partial charge on any atom is -0.384 e. The third-order valence-corrected chi connectivity index (χ3v) is 3.72. The molecule has 0 spiro atoms. The maximum absolute atomic E-state index is 12.0. The van der Waals surface area contributed by atoms with Gasteiger partial charge in [-0.3, -0.25) is 4.79 Å². The van der Waals surface area contributed by atoms with E-state index in [0.29, 0.717) is 19.0 Å². The van der Waals surface area contributed by atoms with Gasteiger partial charge >= 0.3 is 0 Å². The molecule has 0 bridgehead atoms. The van der Waals surface area contributed by atoms with E-state index in [2.05, 4.69) is 0 Å². The number of methoxy groups -OCH3 is 1. The Labute approximate surface area is 127 Å². The zero-order chi connectivity index (χ0) is 15.4. The molecule has 115 valence electrons. The maximum Gasteiger partial charge on any atom is 0.196 e. The Morgan fingerprint density at radius 3 is 2.50 bits per heavy atom. The van der Waals surface area contributed by atoms with Crippen LogP contribution in [0.4, 0.5) is 0 Å². The van der Waals surface area contributed by atoms with Crippen molar-refractivity contribution in [2.75, 3.05) is 26.1 Å². The average molecular weight is 299 g/mol. The van der Waals surface area contributed by atoms with Crippen LogP contribution in [0.15, 0.2) is 24.3 Å². The van der Waals surface area contributed by atoms with Crippen LogP contribution in [0.1, 0.15) is 27.7 Å². The molecule has 1 rings (SSSR count). The molecular weight excluding hydrogens is 272 g/mol. The number of hydrogen-bond acceptors (Lipinski definition) is 4. The van der Waals surface area contributed by atoms with E-state index < -0.39 is 5.41 Å². The smallest absolute Gasteiger partial charge is 0.196 e. The standard InChI is InChI=1S/C14H21O3S.C2H6/c1-14(2,13(15)18-10-9-16-3)11-17-12-7-5-4-6-8-12;1-2/h4-8,12H,9-11H2,1-3H3;1-2H3. The fourth-order valence-corrected chi connectivity index (χ4v) is 2.25. The van der Waals surface area contributed by atoms with E-state index in [1.54, 1.807) is 7.11 Å². The Kier molecular flexibility index (Phi) is 10.8. The molecule has 1 aliphatic carbocycles. The SMILES string of the molecule is CC.COCCSC(=O)C(C)(C)COC1[CH]C=CC=C1. The molecule has 0 heterocycles. The van der Waals surface area contributed by atoms with Gasteiger partial charge in [-0.1, -0.05) is 49.9 Å². The zero-order valence-electron chi connectivity index (χ0n) is 13.2. The van der Waals surface area contributed by atoms with Crippen LogP contribution >= 0.6 is 11.8 Å². The summed E-state index contributed by atoms with van der Waals surface area (Å²) in [6, 6.07) is 0. The van der Waals surface area contributed by atoms with Crippen LogP contribution in [0.5, 0.6) is 0 Å². The zero-order valence-corrected chi connectivity index (χ0v) is 14.0. The fourth-order valence-electron chi connectivity index (χ4n) is 1.36. The molecule has 0 aliphatic heterocycles. The van der Waals surface area contributed by atoms with E-state index in [1.165, 1.54) is 11.8 Å². The summed E-state index contributed by atoms with van der Waals surface area (Å²) in [6.07, 6.45) is 9.78. The lowest BCUT2D eigenvalue weighted by atomic mass is 9.97. The van der Waals surface area contributed by atoms with Crippen LogP contribution in [-0.4, -0.2) is 37.3 Å². The highest BCUT2D eigenvalue weighted by Crippen LogP contribution is 2.25. The molecule has 0 aromatic rings. The summed E-state index contributed by atoms with van der Waals surface area (Å²) in [6.45, 7) is 8.84. The van der Waals surface area contributed by atoms with Gasteiger partial charge in [-0.2, -0.15) is 0 Å². The molecule has 1 radical (unpaired) electrons. The summed E-state index contributed by atoms with van der Waals surface area (Å²) >= 11 is 1.31. The van der Waals surface area contributed by atoms with Crippen LogP contribution in [0, 0.1) is 11.8 Å². The molecule has 20 heavy (non-hydrogen) atoms. The van der Waals surface area contributed by atoms with Gasteiger partial charge in [0.2, 0.25) is 0 Å². The molecule has 0 aromatic carbocycles. The van der Waals surface area contributed by atoms with Gasteiger partial charge in [-0.25, -0.2) is 0 Å². The second-order valence-corrected chi connectivity index (χ2v) is 5.82. The highest BCUT2D eigenvalue weighted by molar-refractivity contribution is 8.13. The Morgan fingerprint density at radius 2 is 1.95 bits per heavy atom. The number of rotatable bonds is 7. The predicted octanol–water partition coefficient (Wildman–Crippen LogP) is 3.66. The van der Waals surface area contributed by atoms with E-state index in [4.69, 9.17) is 9.47 Å². The number of thioether (sulfide) groups is 1. The predicted molar refractivity (Wildman–Crippen MR) is 86.8 cm³/mol. The van der Waals surface area contributed by atoms with Gasteiger partial charge < -0.3 is 9.47 Å². The highest BCUT2D eigenvalue weighted by Gasteiger charge is 2.29. The van der Waals surface area contributed by atoms with Gasteiger partial charge in [0.15, 0.2) is 5.12 Å². The molecule has 0 saturated carbocycles. The van der Waals surface area contributed by atoms with Gasteiger partial charge in [0.25, 0.3) is 0 Å². The third kappa shape index (κ3) is 7.88. The van der Waals surface area contributed by atoms with E-state index >= 15 is 0 Å². The minimum absolute atomic E-state index is 0.0222. The van der Waals surface area contributed by atoms with Gasteiger partial charge in [0, 0.05) is 19.3 Å². The molecule has 1 atom stereocenters. The molecule has 0 N–H and O–H groups in total. The van der Waals surface area contributed by atoms with Crippen molar-refractivity contribution in [3.63, 3.8) is 0 Å². The number of carbonyl (C=O) groups is 1. The maximum atomic E-state index is 12.0. The Bertz CT molecular complexity index is 322. The van der Waals surface area contributed by atoms with Crippen molar-refractivity contribution < 1.29 is 14.3 Å². The molecule has 0 saturated heterocycles. The summed E-state index contributed by atoms with van der Waals surface area (Å²) in [7, 11) is 1.64. The van der Waals surface area contributed by atoms with Crippen LogP contribution in [0.2, 0.25) is 0 Å². The van der Waals surface area contributed by atoms with Crippen molar-refractivity contribution in [2.24, 2.45) is 5.41 Å². The monoisotopic (exact) mass is 299 g/mol. The first kappa shape index (κ1) is 19.4. The summed E-state index contributed by atoms with van der Waals surface area (Å²) < 4.78 is 10.7. The molecule has 1 aliphatic rings. The van der Waals surface area contributed by atoms with Gasteiger partial charge in [-0.15, -0.1) is 0 Å². The lowest BCUT2D eigenvalue weighted by Crippen LogP contribution is -2.30. The van der Waals surface area contributed by atoms with Gasteiger partial charge in [0.05, 0.1) is 24.7 Å². The second-order valence-electron chi connectivity index (χ2n) is 4.75. The van der Waals surface area contributed by atoms with Crippen LogP contribution in [0.3, 0.4) is 0 Å². The quantitative estimate of drug-likeness (QED) is 0.672. The molecule has 0 fully saturated rings. The van der Waals surface area contributed by atoms with Gasteiger partial charge in [0.1, 0.15) is 0 Å². The fraction of sp³-hybridized carbons (Fsp3) is 0.625. The van der Waals surface area contributed by atoms with Crippen molar-refractivity contribution in [2.45, 2.75) is 33.8 Å². The molecule has 3 nitrogen and oxygen atoms in total. The topological polar surface area (TPSA) is 35.5 Å². The summed E-state index contributed by atoms with van der Waals surface area (Å²) in [5.74, 6) is 0.691. The first-order valence-electron chi connectivity index (χ1n) is 7.02. The molecular formula is C16H27O3S. The number of hydrogen-bond donors (Lipinski definition) is 0. The lowest BCUT2D eigenvalue weighted by Gasteiger charge is -2.25. The Morgan fingerprint density at radius 1 is 1.25 bits per heavy atom. The average Bonchev–Trinajstić information content (AvgIpc) is 2.48. The van der Waals surface area contributed by atoms with Crippen LogP contribution in [-0.2, 0) is 14.3 Å². The summed E-state index contributed by atoms with van der Waals surface area (Å²) in [5.41, 5.74) is -0.471. The molecule has 0 aromatic heterocycles. The second kappa shape index (κ2) is 11.1. The first-order valence-corrected chi connectivity index (χ1v) is 8.01. The largest absolute Gasteiger partial charge is 0.384 e. The third-order valence-electron chi connectivity index (χ3n) is 2.53. The molecule has 4 heteroatoms. The van der Waals surface area contributed by atoms with Crippen molar-refractivity contribution in [3.8, 4) is 0 Å². The Hall–Kier alpha value is -0.580. The first-order chi connectivity index (χ1) is 9.56. The molecule has 0 amide bonds. The number of allylic oxidation sites excluding steroid dienone is 2. The number of carbonyl (C=O) groups excluding carboxylic acids is 1. The van der Waals surface area contributed by atoms with Gasteiger partial charge in [-0.05, 0) is 13.8 Å². The van der Waals surface area contributed by atoms with Crippen molar-refractivity contribution in [1.82, 2.24) is 0 Å². The summed E-state index contributed by atoms with van der Waals surface area (Å²) in [5, 5.41) is 0.148. The van der Waals surface area contributed by atoms with E-state index in [9.17, 15) is 4.79 Å². The van der Waals surface area contributed by atoms with Crippen LogP contribution < -0.4 is 0 Å². The Balaban J connectivity index is 0.00000172. The van der Waals surface area contributed by atoms with Crippen molar-refractivity contribution in [1.29, 1.82) is 0 Å². The lowest BCUT2D eigenvalue weighted by molar-refractivity contribution is -0.121. The van der Waals surface area contributed by atoms with Crippen LogP contribution in [0.25, 0.3) is 0 Å². The summed E-state index contributed by atoms with van der Waals surface area (Å²) in [4.78, 5) is 12.0. The normalized spacial score (nSPS) is 17.6. The number of ether oxygens (including phenoxy) is 2. The highest BCUT2D eigenvalue weighted by atomic mass is 32.2. The van der Waals surface area contributed by atoms with E-state index in [0.717, 1.165) is 0 Å². The minimum atomic E-state index is -0.471. The molecule has 1 unspecified atom stereocenters. The van der Waals surface area contributed by atoms with Crippen molar-refractivity contribution in [3.05, 3.63) is 30.7 Å². The van der Waals surface area contributed by atoms with E-state index in [1.807, 2.05) is 58.4 Å². The van der Waals surface area contributed by atoms with E-state index in [-0.39, 0.29) is 11.2 Å². The van der Waals surface area contributed by atoms with Crippen molar-refractivity contribution >= 4 is 16.9 Å².